The largest absolute Gasteiger partial charge is 0.493 e. The van der Waals surface area contributed by atoms with Gasteiger partial charge in [0.2, 0.25) is 28.8 Å². The van der Waals surface area contributed by atoms with Crippen LogP contribution in [0.2, 0.25) is 0 Å². The van der Waals surface area contributed by atoms with Gasteiger partial charge in [0.1, 0.15) is 11.9 Å². The zero-order valence-corrected chi connectivity index (χ0v) is 28.2. The predicted molar refractivity (Wildman–Crippen MR) is 182 cm³/mol. The second-order valence-electron chi connectivity index (χ2n) is 11.8. The summed E-state index contributed by atoms with van der Waals surface area (Å²) in [6.45, 7) is 6.46. The summed E-state index contributed by atoms with van der Waals surface area (Å²) in [5, 5.41) is 3.48. The molecule has 12 nitrogen and oxygen atoms in total. The number of nitrogens with zero attached hydrogens (tertiary/aromatic N) is 5. The van der Waals surface area contributed by atoms with Crippen LogP contribution in [-0.2, 0) is 14.4 Å². The molecule has 3 amide bonds. The molecule has 1 unspecified atom stereocenters. The van der Waals surface area contributed by atoms with Crippen molar-refractivity contribution in [2.75, 3.05) is 62.9 Å². The van der Waals surface area contributed by atoms with E-state index in [4.69, 9.17) is 19.4 Å². The quantitative estimate of drug-likeness (QED) is 0.318. The van der Waals surface area contributed by atoms with Gasteiger partial charge in [-0.3, -0.25) is 19.2 Å². The van der Waals surface area contributed by atoms with Crippen LogP contribution >= 0.6 is 11.8 Å². The molecule has 0 bridgehead atoms. The van der Waals surface area contributed by atoms with Crippen LogP contribution in [0.5, 0.6) is 11.5 Å². The Labute approximate surface area is 279 Å². The number of fused-ring (bicyclic) bond motifs is 1. The maximum Gasteiger partial charge on any atom is 0.248 e. The third-order valence-electron chi connectivity index (χ3n) is 8.54. The van der Waals surface area contributed by atoms with Crippen LogP contribution in [0.15, 0.2) is 42.5 Å². The first-order valence-corrected chi connectivity index (χ1v) is 17.0. The molecule has 1 aromatic heterocycles. The average molecular weight is 663 g/mol. The molecular weight excluding hydrogens is 620 g/mol. The molecule has 2 aliphatic heterocycles. The molecule has 0 saturated carbocycles. The van der Waals surface area contributed by atoms with Gasteiger partial charge in [-0.05, 0) is 25.3 Å². The van der Waals surface area contributed by atoms with E-state index in [-0.39, 0.29) is 22.8 Å². The minimum absolute atomic E-state index is 0.0894. The van der Waals surface area contributed by atoms with Gasteiger partial charge >= 0.3 is 0 Å². The smallest absolute Gasteiger partial charge is 0.248 e. The Morgan fingerprint density at radius 1 is 0.979 bits per heavy atom. The molecule has 3 aromatic rings. The topological polar surface area (TPSA) is 134 Å². The summed E-state index contributed by atoms with van der Waals surface area (Å²) < 4.78 is 11.0. The lowest BCUT2D eigenvalue weighted by Crippen LogP contribution is -2.49. The summed E-state index contributed by atoms with van der Waals surface area (Å²) >= 11 is 1.11. The molecule has 1 N–H and O–H groups in total. The Hall–Kier alpha value is -4.39. The minimum atomic E-state index is -0.679. The molecule has 0 spiro atoms. The molecule has 2 aromatic carbocycles. The van der Waals surface area contributed by atoms with Crippen molar-refractivity contribution in [3.05, 3.63) is 48.0 Å². The lowest BCUT2D eigenvalue weighted by atomic mass is 10.1. The van der Waals surface area contributed by atoms with Crippen LogP contribution in [0.3, 0.4) is 0 Å². The van der Waals surface area contributed by atoms with Gasteiger partial charge < -0.3 is 29.5 Å². The van der Waals surface area contributed by atoms with Crippen molar-refractivity contribution in [3.8, 4) is 11.5 Å². The van der Waals surface area contributed by atoms with Gasteiger partial charge in [-0.1, -0.05) is 55.9 Å². The van der Waals surface area contributed by atoms with Gasteiger partial charge in [-0.25, -0.2) is 4.98 Å². The minimum Gasteiger partial charge on any atom is -0.493 e. The second kappa shape index (κ2) is 15.5. The van der Waals surface area contributed by atoms with E-state index >= 15 is 0 Å². The van der Waals surface area contributed by atoms with Gasteiger partial charge in [0, 0.05) is 67.8 Å². The fraction of sp³-hybridized carbons (Fsp3) is 0.471. The Morgan fingerprint density at radius 2 is 1.68 bits per heavy atom. The molecule has 47 heavy (non-hydrogen) atoms. The zero-order valence-electron chi connectivity index (χ0n) is 27.4. The van der Waals surface area contributed by atoms with E-state index in [9.17, 15) is 19.2 Å². The predicted octanol–water partition coefficient (Wildman–Crippen LogP) is 4.23. The van der Waals surface area contributed by atoms with Crippen molar-refractivity contribution in [3.63, 3.8) is 0 Å². The number of likely N-dealkylation sites (tertiary alicyclic amines) is 1. The van der Waals surface area contributed by atoms with Crippen LogP contribution in [-0.4, -0.2) is 101 Å². The molecule has 2 aliphatic rings. The highest BCUT2D eigenvalue weighted by Crippen LogP contribution is 2.35. The van der Waals surface area contributed by atoms with Crippen molar-refractivity contribution in [2.24, 2.45) is 5.92 Å². The SMILES string of the molecule is CCCC(=O)N1CCN(c2nc(NC(=O)[C@@H]3CCCN3C(=O)C(C)CSC(=O)c3ccccc3)c3cc(OC)c(OC)cc3n2)CC1. The van der Waals surface area contributed by atoms with E-state index in [1.807, 2.05) is 34.9 Å². The number of piperazine rings is 1. The number of aromatic nitrogens is 2. The van der Waals surface area contributed by atoms with E-state index in [1.54, 1.807) is 43.2 Å². The fourth-order valence-corrected chi connectivity index (χ4v) is 6.77. The van der Waals surface area contributed by atoms with Crippen molar-refractivity contribution in [1.29, 1.82) is 0 Å². The number of methoxy groups -OCH3 is 2. The number of hydrogen-bond acceptors (Lipinski definition) is 10. The van der Waals surface area contributed by atoms with E-state index in [0.717, 1.165) is 18.2 Å². The number of carbonyl (C=O) groups is 4. The highest BCUT2D eigenvalue weighted by Gasteiger charge is 2.37. The average Bonchev–Trinajstić information content (AvgIpc) is 3.60. The Balaban J connectivity index is 1.34. The van der Waals surface area contributed by atoms with E-state index in [2.05, 4.69) is 5.32 Å². The maximum atomic E-state index is 13.9. The lowest BCUT2D eigenvalue weighted by molar-refractivity contribution is -0.139. The molecule has 3 heterocycles. The van der Waals surface area contributed by atoms with E-state index < -0.39 is 12.0 Å². The Morgan fingerprint density at radius 3 is 2.36 bits per heavy atom. The number of ether oxygens (including phenoxy) is 2. The molecule has 5 rings (SSSR count). The van der Waals surface area contributed by atoms with Crippen LogP contribution in [0.4, 0.5) is 11.8 Å². The molecule has 2 saturated heterocycles. The maximum absolute atomic E-state index is 13.9. The summed E-state index contributed by atoms with van der Waals surface area (Å²) in [5.41, 5.74) is 1.15. The molecular formula is C34H42N6O6S. The summed E-state index contributed by atoms with van der Waals surface area (Å²) in [6, 6.07) is 11.8. The van der Waals surface area contributed by atoms with E-state index in [1.165, 1.54) is 7.11 Å². The summed E-state index contributed by atoms with van der Waals surface area (Å²) in [7, 11) is 3.08. The van der Waals surface area contributed by atoms with Crippen LogP contribution in [0.25, 0.3) is 10.9 Å². The highest BCUT2D eigenvalue weighted by atomic mass is 32.2. The molecule has 0 radical (unpaired) electrons. The number of rotatable bonds is 11. The van der Waals surface area contributed by atoms with Crippen molar-refractivity contribution < 1.29 is 28.7 Å². The summed E-state index contributed by atoms with van der Waals surface area (Å²) in [4.78, 5) is 67.5. The second-order valence-corrected chi connectivity index (χ2v) is 12.8. The van der Waals surface area contributed by atoms with E-state index in [0.29, 0.717) is 97.5 Å². The molecule has 13 heteroatoms. The monoisotopic (exact) mass is 662 g/mol. The normalized spacial score (nSPS) is 17.0. The first kappa shape index (κ1) is 34.0. The standard InChI is InChI=1S/C34H42N6O6S/c1-5-10-29(41)38-15-17-39(18-16-38)34-35-25-20-28(46-4)27(45-3)19-24(25)30(37-34)36-31(42)26-13-9-14-40(26)32(43)22(2)21-47-33(44)23-11-7-6-8-12-23/h6-8,11-12,19-20,22,26H,5,9-10,13-18,21H2,1-4H3,(H,35,36,37,42)/t22?,26-/m0/s1. The number of benzene rings is 2. The highest BCUT2D eigenvalue weighted by molar-refractivity contribution is 8.14. The van der Waals surface area contributed by atoms with Crippen molar-refractivity contribution in [1.82, 2.24) is 19.8 Å². The molecule has 250 valence electrons. The Kier molecular flexibility index (Phi) is 11.2. The van der Waals surface area contributed by atoms with Crippen LogP contribution in [0, 0.1) is 5.92 Å². The third-order valence-corrected chi connectivity index (χ3v) is 9.71. The number of hydrogen-bond donors (Lipinski definition) is 1. The third kappa shape index (κ3) is 7.78. The number of anilines is 2. The lowest BCUT2D eigenvalue weighted by Gasteiger charge is -2.35. The first-order chi connectivity index (χ1) is 22.7. The van der Waals surface area contributed by atoms with Gasteiger partial charge in [-0.2, -0.15) is 4.98 Å². The van der Waals surface area contributed by atoms with Crippen molar-refractivity contribution in [2.45, 2.75) is 45.6 Å². The van der Waals surface area contributed by atoms with Gasteiger partial charge in [0.05, 0.1) is 19.7 Å². The number of thioether (sulfide) groups is 1. The summed E-state index contributed by atoms with van der Waals surface area (Å²) in [6.07, 6.45) is 2.53. The number of amides is 3. The van der Waals surface area contributed by atoms with Gasteiger partial charge in [-0.15, -0.1) is 0 Å². The van der Waals surface area contributed by atoms with Crippen LogP contribution < -0.4 is 19.7 Å². The summed E-state index contributed by atoms with van der Waals surface area (Å²) in [5.74, 6) is 1.18. The van der Waals surface area contributed by atoms with Crippen LogP contribution in [0.1, 0.15) is 49.9 Å². The molecule has 0 aliphatic carbocycles. The Bertz CT molecular complexity index is 1610. The fourth-order valence-electron chi connectivity index (χ4n) is 5.92. The number of carbonyl (C=O) groups excluding carboxylic acids is 4. The zero-order chi connectivity index (χ0) is 33.5. The van der Waals surface area contributed by atoms with Gasteiger partial charge in [0.25, 0.3) is 0 Å². The molecule has 2 atom stereocenters. The molecule has 2 fully saturated rings. The first-order valence-electron chi connectivity index (χ1n) is 16.0. The number of nitrogens with one attached hydrogen (secondary N) is 1. The van der Waals surface area contributed by atoms with Gasteiger partial charge in [0.15, 0.2) is 11.5 Å². The van der Waals surface area contributed by atoms with Crippen molar-refractivity contribution >= 4 is 57.3 Å².